The van der Waals surface area contributed by atoms with Crippen LogP contribution in [0.25, 0.3) is 99.5 Å². The summed E-state index contributed by atoms with van der Waals surface area (Å²) in [4.78, 5) is 15.3. The lowest BCUT2D eigenvalue weighted by atomic mass is 9.96. The Labute approximate surface area is 301 Å². The number of rotatable bonds is 5. The number of hydrogen-bond donors (Lipinski definition) is 0. The molecule has 3 heteroatoms. The molecule has 0 radical (unpaired) electrons. The second-order valence-electron chi connectivity index (χ2n) is 13.2. The van der Waals surface area contributed by atoms with Gasteiger partial charge in [-0.25, -0.2) is 15.0 Å². The maximum Gasteiger partial charge on any atom is 0.164 e. The van der Waals surface area contributed by atoms with Gasteiger partial charge in [-0.1, -0.05) is 182 Å². The first-order valence-electron chi connectivity index (χ1n) is 17.6. The zero-order valence-electron chi connectivity index (χ0n) is 28.2. The molecule has 242 valence electrons. The zero-order chi connectivity index (χ0) is 34.4. The molecule has 0 bridgehead atoms. The molecule has 0 saturated heterocycles. The van der Waals surface area contributed by atoms with E-state index in [2.05, 4.69) is 182 Å². The molecule has 0 amide bonds. The first-order chi connectivity index (χ1) is 25.7. The monoisotopic (exact) mass is 661 g/mol. The fourth-order valence-electron chi connectivity index (χ4n) is 7.44. The van der Waals surface area contributed by atoms with Crippen LogP contribution in [0.4, 0.5) is 0 Å². The van der Waals surface area contributed by atoms with Gasteiger partial charge in [0, 0.05) is 16.7 Å². The highest BCUT2D eigenvalue weighted by Crippen LogP contribution is 2.35. The standard InChI is InChI=1S/C49H31N3/c1-2-9-32(10-3-1)33-17-22-38(23-18-33)47-50-48(39-24-19-36(20-25-39)42-16-8-13-34-11-4-6-14-41(34)42)52-49(51-47)40-26-21-37-28-29-44-43-15-7-5-12-35(43)27-30-45(44)46(37)31-40/h1-31H. The van der Waals surface area contributed by atoms with E-state index >= 15 is 0 Å². The third kappa shape index (κ3) is 5.28. The third-order valence-electron chi connectivity index (χ3n) is 10.1. The van der Waals surface area contributed by atoms with Crippen LogP contribution in [0, 0.1) is 0 Å². The topological polar surface area (TPSA) is 38.7 Å². The summed E-state index contributed by atoms with van der Waals surface area (Å²) in [5, 5.41) is 9.77. The summed E-state index contributed by atoms with van der Waals surface area (Å²) in [5.74, 6) is 1.92. The van der Waals surface area contributed by atoms with Crippen molar-refractivity contribution in [3.05, 3.63) is 188 Å². The van der Waals surface area contributed by atoms with Crippen LogP contribution in [-0.2, 0) is 0 Å². The van der Waals surface area contributed by atoms with Crippen LogP contribution in [0.5, 0.6) is 0 Å². The van der Waals surface area contributed by atoms with E-state index in [1.165, 1.54) is 54.2 Å². The lowest BCUT2D eigenvalue weighted by Crippen LogP contribution is -2.00. The van der Waals surface area contributed by atoms with Gasteiger partial charge in [-0.3, -0.25) is 0 Å². The quantitative estimate of drug-likeness (QED) is 0.172. The molecule has 0 fully saturated rings. The maximum absolute atomic E-state index is 5.13. The molecule has 0 aliphatic heterocycles. The number of nitrogens with zero attached hydrogens (tertiary/aromatic N) is 3. The lowest BCUT2D eigenvalue weighted by Gasteiger charge is -2.12. The van der Waals surface area contributed by atoms with Gasteiger partial charge in [0.15, 0.2) is 17.5 Å². The van der Waals surface area contributed by atoms with Gasteiger partial charge in [0.1, 0.15) is 0 Å². The molecule has 0 aliphatic rings. The minimum Gasteiger partial charge on any atom is -0.208 e. The van der Waals surface area contributed by atoms with E-state index < -0.39 is 0 Å². The SMILES string of the molecule is c1ccc(-c2ccc(-c3nc(-c4ccc(-c5cccc6ccccc56)cc4)nc(-c4ccc5ccc6c7ccccc7ccc6c5c4)n3)cc2)cc1. The Morgan fingerprint density at radius 3 is 1.37 bits per heavy atom. The van der Waals surface area contributed by atoms with Gasteiger partial charge < -0.3 is 0 Å². The molecule has 10 rings (SSSR count). The molecule has 1 heterocycles. The molecule has 0 atom stereocenters. The van der Waals surface area contributed by atoms with Gasteiger partial charge >= 0.3 is 0 Å². The fourth-order valence-corrected chi connectivity index (χ4v) is 7.44. The van der Waals surface area contributed by atoms with Crippen molar-refractivity contribution in [2.75, 3.05) is 0 Å². The van der Waals surface area contributed by atoms with Gasteiger partial charge in [0.2, 0.25) is 0 Å². The number of fused-ring (bicyclic) bond motifs is 6. The Morgan fingerprint density at radius 2 is 0.673 bits per heavy atom. The average molecular weight is 662 g/mol. The molecule has 1 aromatic heterocycles. The minimum absolute atomic E-state index is 0.639. The third-order valence-corrected chi connectivity index (χ3v) is 10.1. The molecule has 0 saturated carbocycles. The van der Waals surface area contributed by atoms with E-state index in [4.69, 9.17) is 15.0 Å². The molecule has 10 aromatic rings. The Hall–Kier alpha value is -6.97. The van der Waals surface area contributed by atoms with Crippen LogP contribution in [-0.4, -0.2) is 15.0 Å². The molecule has 3 nitrogen and oxygen atoms in total. The summed E-state index contributed by atoms with van der Waals surface area (Å²) < 4.78 is 0. The summed E-state index contributed by atoms with van der Waals surface area (Å²) in [6.45, 7) is 0. The van der Waals surface area contributed by atoms with E-state index in [9.17, 15) is 0 Å². The first-order valence-corrected chi connectivity index (χ1v) is 17.6. The Bertz CT molecular complexity index is 2930. The van der Waals surface area contributed by atoms with Crippen molar-refractivity contribution in [2.45, 2.75) is 0 Å². The normalized spacial score (nSPS) is 11.5. The van der Waals surface area contributed by atoms with Crippen LogP contribution >= 0.6 is 0 Å². The van der Waals surface area contributed by atoms with Crippen molar-refractivity contribution in [1.82, 2.24) is 15.0 Å². The van der Waals surface area contributed by atoms with Crippen LogP contribution in [0.15, 0.2) is 188 Å². The van der Waals surface area contributed by atoms with Crippen LogP contribution < -0.4 is 0 Å². The summed E-state index contributed by atoms with van der Waals surface area (Å²) in [6.07, 6.45) is 0. The van der Waals surface area contributed by atoms with Crippen molar-refractivity contribution in [3.8, 4) is 56.4 Å². The highest BCUT2D eigenvalue weighted by molar-refractivity contribution is 6.17. The van der Waals surface area contributed by atoms with Crippen molar-refractivity contribution in [1.29, 1.82) is 0 Å². The molecular weight excluding hydrogens is 631 g/mol. The van der Waals surface area contributed by atoms with Crippen molar-refractivity contribution in [3.63, 3.8) is 0 Å². The second-order valence-corrected chi connectivity index (χ2v) is 13.2. The van der Waals surface area contributed by atoms with Crippen LogP contribution in [0.2, 0.25) is 0 Å². The highest BCUT2D eigenvalue weighted by Gasteiger charge is 2.15. The molecule has 0 unspecified atom stereocenters. The van der Waals surface area contributed by atoms with Gasteiger partial charge in [-0.15, -0.1) is 0 Å². The molecule has 0 aliphatic carbocycles. The number of aromatic nitrogens is 3. The molecule has 52 heavy (non-hydrogen) atoms. The van der Waals surface area contributed by atoms with E-state index in [0.717, 1.165) is 27.8 Å². The van der Waals surface area contributed by atoms with Gasteiger partial charge in [-0.05, 0) is 71.4 Å². The smallest absolute Gasteiger partial charge is 0.164 e. The van der Waals surface area contributed by atoms with Crippen molar-refractivity contribution < 1.29 is 0 Å². The van der Waals surface area contributed by atoms with Crippen molar-refractivity contribution in [2.24, 2.45) is 0 Å². The number of hydrogen-bond acceptors (Lipinski definition) is 3. The van der Waals surface area contributed by atoms with Gasteiger partial charge in [0.05, 0.1) is 0 Å². The first kappa shape index (κ1) is 29.9. The van der Waals surface area contributed by atoms with Crippen LogP contribution in [0.1, 0.15) is 0 Å². The van der Waals surface area contributed by atoms with E-state index in [1.807, 2.05) is 6.07 Å². The summed E-state index contributed by atoms with van der Waals surface area (Å²) in [5.41, 5.74) is 7.51. The average Bonchev–Trinajstić information content (AvgIpc) is 3.23. The van der Waals surface area contributed by atoms with E-state index in [0.29, 0.717) is 17.5 Å². The summed E-state index contributed by atoms with van der Waals surface area (Å²) in [7, 11) is 0. The molecular formula is C49H31N3. The maximum atomic E-state index is 5.13. The van der Waals surface area contributed by atoms with Gasteiger partial charge in [0.25, 0.3) is 0 Å². The van der Waals surface area contributed by atoms with E-state index in [-0.39, 0.29) is 0 Å². The Balaban J connectivity index is 1.11. The predicted octanol–water partition coefficient (Wildman–Crippen LogP) is 12.8. The van der Waals surface area contributed by atoms with Crippen LogP contribution in [0.3, 0.4) is 0 Å². The largest absolute Gasteiger partial charge is 0.208 e. The van der Waals surface area contributed by atoms with Crippen molar-refractivity contribution >= 4 is 43.1 Å². The lowest BCUT2D eigenvalue weighted by molar-refractivity contribution is 1.07. The Morgan fingerprint density at radius 1 is 0.231 bits per heavy atom. The minimum atomic E-state index is 0.639. The molecule has 0 spiro atoms. The van der Waals surface area contributed by atoms with E-state index in [1.54, 1.807) is 0 Å². The summed E-state index contributed by atoms with van der Waals surface area (Å²) >= 11 is 0. The Kier molecular flexibility index (Phi) is 7.14. The molecule has 0 N–H and O–H groups in total. The zero-order valence-corrected chi connectivity index (χ0v) is 28.2. The predicted molar refractivity (Wildman–Crippen MR) is 217 cm³/mol. The second kappa shape index (κ2) is 12.4. The molecule has 9 aromatic carbocycles. The highest BCUT2D eigenvalue weighted by atomic mass is 15.0. The summed E-state index contributed by atoms with van der Waals surface area (Å²) in [6, 6.07) is 66.5. The fraction of sp³-hybridized carbons (Fsp3) is 0. The number of benzene rings is 9. The van der Waals surface area contributed by atoms with Gasteiger partial charge in [-0.2, -0.15) is 0 Å².